The van der Waals surface area contributed by atoms with Gasteiger partial charge in [0, 0.05) is 22.9 Å². The Labute approximate surface area is 92.8 Å². The molecule has 2 rings (SSSR count). The standard InChI is InChI=1S/C12H11FN2O/c1-7-9(6-15-12(7)14)8-4-3-5-10(13)11(8)16-2/h3-6H,1H2,2H3,(H2,14,15). The van der Waals surface area contributed by atoms with Crippen LogP contribution in [0.3, 0.4) is 0 Å². The van der Waals surface area contributed by atoms with Gasteiger partial charge in [0.1, 0.15) is 5.84 Å². The molecule has 1 aromatic carbocycles. The van der Waals surface area contributed by atoms with Crippen LogP contribution < -0.4 is 10.5 Å². The van der Waals surface area contributed by atoms with Crippen molar-refractivity contribution in [2.75, 3.05) is 7.11 Å². The van der Waals surface area contributed by atoms with Gasteiger partial charge in [0.15, 0.2) is 11.6 Å². The third-order valence-electron chi connectivity index (χ3n) is 2.43. The van der Waals surface area contributed by atoms with Crippen molar-refractivity contribution in [3.05, 3.63) is 47.9 Å². The van der Waals surface area contributed by atoms with Gasteiger partial charge in [-0.05, 0) is 6.07 Å². The number of amidine groups is 1. The number of rotatable bonds is 2. The highest BCUT2D eigenvalue weighted by Crippen LogP contribution is 2.34. The molecule has 82 valence electrons. The number of methoxy groups -OCH3 is 1. The lowest BCUT2D eigenvalue weighted by atomic mass is 10.00. The minimum atomic E-state index is -0.417. The number of hydrogen-bond donors (Lipinski definition) is 1. The first-order chi connectivity index (χ1) is 7.65. The molecule has 0 aliphatic carbocycles. The average molecular weight is 218 g/mol. The molecule has 0 saturated carbocycles. The molecule has 0 amide bonds. The first-order valence-electron chi connectivity index (χ1n) is 4.71. The number of hydrogen-bond acceptors (Lipinski definition) is 3. The molecule has 2 N–H and O–H groups in total. The first kappa shape index (κ1) is 10.4. The Morgan fingerprint density at radius 1 is 1.44 bits per heavy atom. The van der Waals surface area contributed by atoms with Gasteiger partial charge in [-0.15, -0.1) is 0 Å². The SMILES string of the molecule is C=C1C(c2cccc(F)c2OC)=CN=C1N. The van der Waals surface area contributed by atoms with Crippen LogP contribution in [0.2, 0.25) is 0 Å². The summed E-state index contributed by atoms with van der Waals surface area (Å²) in [5, 5.41) is 0. The van der Waals surface area contributed by atoms with E-state index >= 15 is 0 Å². The summed E-state index contributed by atoms with van der Waals surface area (Å²) in [6.07, 6.45) is 1.56. The second kappa shape index (κ2) is 3.81. The van der Waals surface area contributed by atoms with Gasteiger partial charge in [-0.25, -0.2) is 9.38 Å². The van der Waals surface area contributed by atoms with E-state index < -0.39 is 5.82 Å². The van der Waals surface area contributed by atoms with Gasteiger partial charge >= 0.3 is 0 Å². The molecule has 0 radical (unpaired) electrons. The van der Waals surface area contributed by atoms with Gasteiger partial charge in [0.25, 0.3) is 0 Å². The summed E-state index contributed by atoms with van der Waals surface area (Å²) >= 11 is 0. The highest BCUT2D eigenvalue weighted by Gasteiger charge is 2.19. The van der Waals surface area contributed by atoms with Crippen LogP contribution in [0.25, 0.3) is 5.57 Å². The zero-order valence-electron chi connectivity index (χ0n) is 8.83. The fraction of sp³-hybridized carbons (Fsp3) is 0.0833. The van der Waals surface area contributed by atoms with Crippen LogP contribution >= 0.6 is 0 Å². The van der Waals surface area contributed by atoms with Crippen molar-refractivity contribution in [3.8, 4) is 5.75 Å². The molecule has 16 heavy (non-hydrogen) atoms. The van der Waals surface area contributed by atoms with Crippen LogP contribution in [0.1, 0.15) is 5.56 Å². The van der Waals surface area contributed by atoms with E-state index in [-0.39, 0.29) is 5.75 Å². The van der Waals surface area contributed by atoms with E-state index in [1.165, 1.54) is 13.2 Å². The molecule has 0 spiro atoms. The summed E-state index contributed by atoms with van der Waals surface area (Å²) in [6.45, 7) is 3.80. The molecule has 3 nitrogen and oxygen atoms in total. The molecule has 0 unspecified atom stereocenters. The maximum atomic E-state index is 13.5. The van der Waals surface area contributed by atoms with Crippen molar-refractivity contribution >= 4 is 11.4 Å². The molecule has 0 saturated heterocycles. The molecule has 0 fully saturated rings. The minimum absolute atomic E-state index is 0.180. The molecule has 1 aliphatic rings. The molecule has 0 atom stereocenters. The van der Waals surface area contributed by atoms with E-state index in [0.29, 0.717) is 22.5 Å². The third-order valence-corrected chi connectivity index (χ3v) is 2.43. The normalized spacial score (nSPS) is 14.8. The molecule has 0 bridgehead atoms. The Kier molecular flexibility index (Phi) is 2.48. The maximum absolute atomic E-state index is 13.5. The zero-order valence-corrected chi connectivity index (χ0v) is 8.83. The maximum Gasteiger partial charge on any atom is 0.165 e. The number of ether oxygens (including phenoxy) is 1. The highest BCUT2D eigenvalue weighted by atomic mass is 19.1. The van der Waals surface area contributed by atoms with Crippen LogP contribution in [0.15, 0.2) is 41.5 Å². The third kappa shape index (κ3) is 1.48. The van der Waals surface area contributed by atoms with Crippen LogP contribution in [0.4, 0.5) is 4.39 Å². The van der Waals surface area contributed by atoms with Crippen molar-refractivity contribution in [1.82, 2.24) is 0 Å². The first-order valence-corrected chi connectivity index (χ1v) is 4.71. The quantitative estimate of drug-likeness (QED) is 0.826. The Balaban J connectivity index is 2.51. The second-order valence-corrected chi connectivity index (χ2v) is 3.36. The van der Waals surface area contributed by atoms with E-state index in [2.05, 4.69) is 11.6 Å². The highest BCUT2D eigenvalue weighted by molar-refractivity contribution is 6.14. The van der Waals surface area contributed by atoms with Crippen LogP contribution in [-0.4, -0.2) is 12.9 Å². The Morgan fingerprint density at radius 3 is 2.75 bits per heavy atom. The smallest absolute Gasteiger partial charge is 0.165 e. The van der Waals surface area contributed by atoms with Gasteiger partial charge in [-0.1, -0.05) is 18.7 Å². The Hall–Kier alpha value is -2.10. The minimum Gasteiger partial charge on any atom is -0.493 e. The fourth-order valence-corrected chi connectivity index (χ4v) is 1.59. The molecule has 1 aliphatic heterocycles. The lowest BCUT2D eigenvalue weighted by Crippen LogP contribution is -2.11. The number of nitrogens with two attached hydrogens (primary N) is 1. The Bertz CT molecular complexity index is 518. The predicted molar refractivity (Wildman–Crippen MR) is 61.7 cm³/mol. The van der Waals surface area contributed by atoms with Crippen LogP contribution in [0, 0.1) is 5.82 Å². The largest absolute Gasteiger partial charge is 0.493 e. The summed E-state index contributed by atoms with van der Waals surface area (Å²) < 4.78 is 18.5. The summed E-state index contributed by atoms with van der Waals surface area (Å²) in [4.78, 5) is 3.93. The van der Waals surface area contributed by atoms with E-state index in [4.69, 9.17) is 10.5 Å². The average Bonchev–Trinajstić information content (AvgIpc) is 2.59. The van der Waals surface area contributed by atoms with Gasteiger partial charge in [-0.3, -0.25) is 0 Å². The van der Waals surface area contributed by atoms with E-state index in [9.17, 15) is 4.39 Å². The number of nitrogens with zero attached hydrogens (tertiary/aromatic N) is 1. The van der Waals surface area contributed by atoms with Crippen LogP contribution in [0.5, 0.6) is 5.75 Å². The fourth-order valence-electron chi connectivity index (χ4n) is 1.59. The lowest BCUT2D eigenvalue weighted by molar-refractivity contribution is 0.385. The number of halogens is 1. The summed E-state index contributed by atoms with van der Waals surface area (Å²) in [6, 6.07) is 4.69. The summed E-state index contributed by atoms with van der Waals surface area (Å²) in [7, 11) is 1.42. The van der Waals surface area contributed by atoms with Crippen molar-refractivity contribution in [2.24, 2.45) is 10.7 Å². The molecule has 0 aromatic heterocycles. The van der Waals surface area contributed by atoms with E-state index in [1.54, 1.807) is 18.3 Å². The van der Waals surface area contributed by atoms with Crippen LogP contribution in [-0.2, 0) is 0 Å². The zero-order chi connectivity index (χ0) is 11.7. The topological polar surface area (TPSA) is 47.6 Å². The van der Waals surface area contributed by atoms with Gasteiger partial charge in [-0.2, -0.15) is 0 Å². The van der Waals surface area contributed by atoms with Crippen molar-refractivity contribution in [3.63, 3.8) is 0 Å². The summed E-state index contributed by atoms with van der Waals surface area (Å²) in [5.41, 5.74) is 7.48. The monoisotopic (exact) mass is 218 g/mol. The molecule has 1 aromatic rings. The van der Waals surface area contributed by atoms with Crippen molar-refractivity contribution < 1.29 is 9.13 Å². The van der Waals surface area contributed by atoms with Gasteiger partial charge < -0.3 is 10.5 Å². The molecular weight excluding hydrogens is 207 g/mol. The summed E-state index contributed by atoms with van der Waals surface area (Å²) in [5.74, 6) is 0.111. The van der Waals surface area contributed by atoms with E-state index in [1.807, 2.05) is 0 Å². The Morgan fingerprint density at radius 2 is 2.19 bits per heavy atom. The van der Waals surface area contributed by atoms with E-state index in [0.717, 1.165) is 0 Å². The van der Waals surface area contributed by atoms with Gasteiger partial charge in [0.2, 0.25) is 0 Å². The molecule has 4 heteroatoms. The second-order valence-electron chi connectivity index (χ2n) is 3.36. The van der Waals surface area contributed by atoms with Crippen molar-refractivity contribution in [2.45, 2.75) is 0 Å². The molecular formula is C12H11FN2O. The number of aliphatic imine (C=N–C) groups is 1. The number of para-hydroxylation sites is 1. The number of benzene rings is 1. The molecule has 1 heterocycles. The van der Waals surface area contributed by atoms with Gasteiger partial charge in [0.05, 0.1) is 7.11 Å². The predicted octanol–water partition coefficient (Wildman–Crippen LogP) is 2.10. The lowest BCUT2D eigenvalue weighted by Gasteiger charge is -2.10. The van der Waals surface area contributed by atoms with Crippen molar-refractivity contribution in [1.29, 1.82) is 0 Å².